The zero-order valence-corrected chi connectivity index (χ0v) is 11.0. The van der Waals surface area contributed by atoms with E-state index in [2.05, 4.69) is 5.16 Å². The Labute approximate surface area is 110 Å². The molecule has 0 aliphatic heterocycles. The van der Waals surface area contributed by atoms with Gasteiger partial charge < -0.3 is 10.3 Å². The van der Waals surface area contributed by atoms with E-state index in [1.165, 1.54) is 6.07 Å². The number of aromatic nitrogens is 1. The summed E-state index contributed by atoms with van der Waals surface area (Å²) < 4.78 is 5.02. The van der Waals surface area contributed by atoms with E-state index in [0.29, 0.717) is 17.1 Å². The first-order chi connectivity index (χ1) is 8.91. The number of nitrogens with two attached hydrogens (primary N) is 1. The fraction of sp³-hybridized carbons (Fsp3) is 0.308. The third-order valence-corrected chi connectivity index (χ3v) is 3.00. The van der Waals surface area contributed by atoms with Crippen LogP contribution in [-0.4, -0.2) is 10.1 Å². The number of benzene rings is 1. The average molecular weight is 261 g/mol. The van der Waals surface area contributed by atoms with Crippen molar-refractivity contribution in [3.05, 3.63) is 39.4 Å². The fourth-order valence-corrected chi connectivity index (χ4v) is 2.08. The lowest BCUT2D eigenvalue weighted by Gasteiger charge is -2.06. The highest BCUT2D eigenvalue weighted by atomic mass is 16.6. The van der Waals surface area contributed by atoms with Crippen molar-refractivity contribution in [3.8, 4) is 11.3 Å². The third kappa shape index (κ3) is 2.29. The molecular weight excluding hydrogens is 246 g/mol. The SMILES string of the molecule is Cc1cc(-c2noc(N)c2C(C)C)ccc1[N+](=O)[O-]. The van der Waals surface area contributed by atoms with Crippen molar-refractivity contribution in [2.24, 2.45) is 0 Å². The molecule has 2 rings (SSSR count). The first kappa shape index (κ1) is 13.1. The smallest absolute Gasteiger partial charge is 0.272 e. The van der Waals surface area contributed by atoms with Gasteiger partial charge in [-0.15, -0.1) is 0 Å². The lowest BCUT2D eigenvalue weighted by Crippen LogP contribution is -1.96. The Morgan fingerprint density at radius 3 is 2.63 bits per heavy atom. The number of aryl methyl sites for hydroxylation is 1. The number of nitrogen functional groups attached to an aromatic ring is 1. The van der Waals surface area contributed by atoms with Crippen molar-refractivity contribution < 1.29 is 9.45 Å². The van der Waals surface area contributed by atoms with Crippen molar-refractivity contribution in [3.63, 3.8) is 0 Å². The summed E-state index contributed by atoms with van der Waals surface area (Å²) in [4.78, 5) is 10.4. The van der Waals surface area contributed by atoms with Gasteiger partial charge in [-0.25, -0.2) is 0 Å². The maximum atomic E-state index is 10.8. The molecule has 6 heteroatoms. The third-order valence-electron chi connectivity index (χ3n) is 3.00. The van der Waals surface area contributed by atoms with Crippen LogP contribution in [0.2, 0.25) is 0 Å². The summed E-state index contributed by atoms with van der Waals surface area (Å²) in [6.45, 7) is 5.68. The van der Waals surface area contributed by atoms with E-state index >= 15 is 0 Å². The van der Waals surface area contributed by atoms with Crippen LogP contribution < -0.4 is 5.73 Å². The van der Waals surface area contributed by atoms with Crippen molar-refractivity contribution in [1.82, 2.24) is 5.16 Å². The van der Waals surface area contributed by atoms with Gasteiger partial charge in [0.25, 0.3) is 5.69 Å². The monoisotopic (exact) mass is 261 g/mol. The predicted molar refractivity (Wildman–Crippen MR) is 71.8 cm³/mol. The Bertz CT molecular complexity index is 632. The Kier molecular flexibility index (Phi) is 3.25. The van der Waals surface area contributed by atoms with Gasteiger partial charge >= 0.3 is 0 Å². The van der Waals surface area contributed by atoms with E-state index in [-0.39, 0.29) is 11.6 Å². The summed E-state index contributed by atoms with van der Waals surface area (Å²) in [6, 6.07) is 4.86. The van der Waals surface area contributed by atoms with Crippen LogP contribution in [0.15, 0.2) is 22.7 Å². The van der Waals surface area contributed by atoms with Crippen LogP contribution >= 0.6 is 0 Å². The number of nitro groups is 1. The normalized spacial score (nSPS) is 10.9. The lowest BCUT2D eigenvalue weighted by atomic mass is 9.97. The molecule has 0 unspecified atom stereocenters. The molecule has 0 fully saturated rings. The molecule has 19 heavy (non-hydrogen) atoms. The van der Waals surface area contributed by atoms with Crippen molar-refractivity contribution in [1.29, 1.82) is 0 Å². The van der Waals surface area contributed by atoms with Gasteiger partial charge in [-0.2, -0.15) is 0 Å². The Morgan fingerprint density at radius 1 is 1.42 bits per heavy atom. The topological polar surface area (TPSA) is 95.2 Å². The molecule has 2 N–H and O–H groups in total. The number of anilines is 1. The van der Waals surface area contributed by atoms with Gasteiger partial charge in [0, 0.05) is 22.8 Å². The van der Waals surface area contributed by atoms with Crippen LogP contribution in [0.25, 0.3) is 11.3 Å². The minimum atomic E-state index is -0.403. The summed E-state index contributed by atoms with van der Waals surface area (Å²) in [5.74, 6) is 0.456. The Morgan fingerprint density at radius 2 is 2.11 bits per heavy atom. The van der Waals surface area contributed by atoms with Crippen LogP contribution in [0.1, 0.15) is 30.9 Å². The molecule has 1 aromatic heterocycles. The minimum absolute atomic E-state index is 0.0892. The molecule has 0 bridgehead atoms. The van der Waals surface area contributed by atoms with Gasteiger partial charge in [-0.3, -0.25) is 10.1 Å². The van der Waals surface area contributed by atoms with Crippen LogP contribution in [0.5, 0.6) is 0 Å². The molecule has 0 radical (unpaired) electrons. The molecule has 0 aliphatic rings. The van der Waals surface area contributed by atoms with Gasteiger partial charge in [0.2, 0.25) is 5.88 Å². The summed E-state index contributed by atoms with van der Waals surface area (Å²) in [5, 5.41) is 14.8. The number of nitro benzene ring substituents is 1. The molecule has 0 atom stereocenters. The van der Waals surface area contributed by atoms with Crippen LogP contribution in [0.3, 0.4) is 0 Å². The number of hydrogen-bond acceptors (Lipinski definition) is 5. The highest BCUT2D eigenvalue weighted by Gasteiger charge is 2.20. The molecule has 1 heterocycles. The highest BCUT2D eigenvalue weighted by molar-refractivity contribution is 5.70. The predicted octanol–water partition coefficient (Wildman–Crippen LogP) is 3.26. The molecule has 2 aromatic rings. The standard InChI is InChI=1S/C13H15N3O3/c1-7(2)11-12(15-19-13(11)14)9-4-5-10(16(17)18)8(3)6-9/h4-7H,14H2,1-3H3. The zero-order valence-electron chi connectivity index (χ0n) is 11.0. The van der Waals surface area contributed by atoms with Crippen LogP contribution in [0, 0.1) is 17.0 Å². The molecule has 0 spiro atoms. The average Bonchev–Trinajstić information content (AvgIpc) is 2.70. The van der Waals surface area contributed by atoms with Crippen LogP contribution in [0.4, 0.5) is 11.6 Å². The molecule has 100 valence electrons. The highest BCUT2D eigenvalue weighted by Crippen LogP contribution is 2.34. The van der Waals surface area contributed by atoms with Gasteiger partial charge in [0.1, 0.15) is 5.69 Å². The minimum Gasteiger partial charge on any atom is -0.367 e. The largest absolute Gasteiger partial charge is 0.367 e. The second-order valence-electron chi connectivity index (χ2n) is 4.72. The fourth-order valence-electron chi connectivity index (χ4n) is 2.08. The van der Waals surface area contributed by atoms with E-state index < -0.39 is 4.92 Å². The summed E-state index contributed by atoms with van der Waals surface area (Å²) in [6.07, 6.45) is 0. The first-order valence-corrected chi connectivity index (χ1v) is 5.92. The van der Waals surface area contributed by atoms with Gasteiger partial charge in [0.15, 0.2) is 0 Å². The van der Waals surface area contributed by atoms with Crippen molar-refractivity contribution >= 4 is 11.6 Å². The number of hydrogen-bond donors (Lipinski definition) is 1. The maximum Gasteiger partial charge on any atom is 0.272 e. The first-order valence-electron chi connectivity index (χ1n) is 5.92. The molecule has 0 saturated heterocycles. The second-order valence-corrected chi connectivity index (χ2v) is 4.72. The van der Waals surface area contributed by atoms with Crippen molar-refractivity contribution in [2.75, 3.05) is 5.73 Å². The summed E-state index contributed by atoms with van der Waals surface area (Å²) in [7, 11) is 0. The molecule has 1 aromatic carbocycles. The van der Waals surface area contributed by atoms with Gasteiger partial charge in [-0.05, 0) is 25.0 Å². The van der Waals surface area contributed by atoms with E-state index in [1.54, 1.807) is 19.1 Å². The Hall–Kier alpha value is -2.37. The van der Waals surface area contributed by atoms with Crippen molar-refractivity contribution in [2.45, 2.75) is 26.7 Å². The number of nitrogens with zero attached hydrogens (tertiary/aromatic N) is 2. The van der Waals surface area contributed by atoms with E-state index in [9.17, 15) is 10.1 Å². The Balaban J connectivity index is 2.54. The summed E-state index contributed by atoms with van der Waals surface area (Å²) >= 11 is 0. The number of rotatable bonds is 3. The zero-order chi connectivity index (χ0) is 14.2. The molecule has 0 amide bonds. The van der Waals surface area contributed by atoms with Crippen LogP contribution in [-0.2, 0) is 0 Å². The van der Waals surface area contributed by atoms with E-state index in [4.69, 9.17) is 10.3 Å². The molecular formula is C13H15N3O3. The summed E-state index contributed by atoms with van der Waals surface area (Å²) in [5.41, 5.74) is 8.67. The van der Waals surface area contributed by atoms with E-state index in [0.717, 1.165) is 11.1 Å². The quantitative estimate of drug-likeness (QED) is 0.675. The van der Waals surface area contributed by atoms with Gasteiger partial charge in [-0.1, -0.05) is 19.0 Å². The lowest BCUT2D eigenvalue weighted by molar-refractivity contribution is -0.385. The molecule has 6 nitrogen and oxygen atoms in total. The van der Waals surface area contributed by atoms with Gasteiger partial charge in [0.05, 0.1) is 4.92 Å². The maximum absolute atomic E-state index is 10.8. The molecule has 0 saturated carbocycles. The second kappa shape index (κ2) is 4.72. The molecule has 0 aliphatic carbocycles. The van der Waals surface area contributed by atoms with E-state index in [1.807, 2.05) is 13.8 Å².